The fraction of sp³-hybridized carbons (Fsp3) is 0.952. The lowest BCUT2D eigenvalue weighted by molar-refractivity contribution is -0.153. The van der Waals surface area contributed by atoms with E-state index >= 15 is 0 Å². The van der Waals surface area contributed by atoms with E-state index < -0.39 is 6.10 Å². The lowest BCUT2D eigenvalue weighted by atomic mass is 10.0. The van der Waals surface area contributed by atoms with Crippen molar-refractivity contribution in [1.29, 1.82) is 0 Å². The molecule has 150 valence electrons. The smallest absolute Gasteiger partial charge is 0.306 e. The quantitative estimate of drug-likeness (QED) is 0.248. The number of hydrogen-bond acceptors (Lipinski definition) is 4. The SMILES string of the molecule is CCCCCCCCCCCCCCCCCC(=O)OC(CO)CO. The van der Waals surface area contributed by atoms with Gasteiger partial charge in [0, 0.05) is 6.42 Å². The fourth-order valence-electron chi connectivity index (χ4n) is 3.02. The number of hydrogen-bond donors (Lipinski definition) is 2. The lowest BCUT2D eigenvalue weighted by Gasteiger charge is -2.12. The van der Waals surface area contributed by atoms with Gasteiger partial charge in [-0.25, -0.2) is 0 Å². The molecule has 0 aliphatic rings. The average molecular weight is 359 g/mol. The predicted octanol–water partition coefficient (Wildman–Crippen LogP) is 5.14. The second-order valence-corrected chi connectivity index (χ2v) is 7.18. The first kappa shape index (κ1) is 24.4. The zero-order valence-electron chi connectivity index (χ0n) is 16.5. The molecule has 0 rings (SSSR count). The minimum absolute atomic E-state index is 0.317. The van der Waals surface area contributed by atoms with Crippen LogP contribution in [0.5, 0.6) is 0 Å². The third-order valence-corrected chi connectivity index (χ3v) is 4.69. The van der Waals surface area contributed by atoms with Crippen LogP contribution in [0.1, 0.15) is 110 Å². The van der Waals surface area contributed by atoms with Crippen LogP contribution in [0, 0.1) is 0 Å². The molecule has 0 aliphatic heterocycles. The molecule has 0 saturated carbocycles. The van der Waals surface area contributed by atoms with Gasteiger partial charge in [0.15, 0.2) is 0 Å². The van der Waals surface area contributed by atoms with Gasteiger partial charge in [0.05, 0.1) is 13.2 Å². The van der Waals surface area contributed by atoms with Gasteiger partial charge in [0.1, 0.15) is 6.10 Å². The fourth-order valence-corrected chi connectivity index (χ4v) is 3.02. The van der Waals surface area contributed by atoms with Gasteiger partial charge in [-0.3, -0.25) is 4.79 Å². The summed E-state index contributed by atoms with van der Waals surface area (Å²) in [7, 11) is 0. The maximum atomic E-state index is 11.5. The molecule has 0 unspecified atom stereocenters. The summed E-state index contributed by atoms with van der Waals surface area (Å²) >= 11 is 0. The van der Waals surface area contributed by atoms with Crippen LogP contribution in [0.25, 0.3) is 0 Å². The highest BCUT2D eigenvalue weighted by molar-refractivity contribution is 5.69. The molecule has 0 bridgehead atoms. The number of rotatable bonds is 19. The van der Waals surface area contributed by atoms with Crippen LogP contribution in [-0.4, -0.2) is 35.5 Å². The van der Waals surface area contributed by atoms with Crippen LogP contribution in [-0.2, 0) is 9.53 Å². The number of aliphatic hydroxyl groups is 2. The first-order chi connectivity index (χ1) is 12.2. The maximum absolute atomic E-state index is 11.5. The van der Waals surface area contributed by atoms with Crippen molar-refractivity contribution in [3.8, 4) is 0 Å². The van der Waals surface area contributed by atoms with Crippen molar-refractivity contribution in [3.63, 3.8) is 0 Å². The van der Waals surface area contributed by atoms with E-state index in [9.17, 15) is 4.79 Å². The van der Waals surface area contributed by atoms with E-state index in [4.69, 9.17) is 14.9 Å². The van der Waals surface area contributed by atoms with Crippen molar-refractivity contribution in [2.75, 3.05) is 13.2 Å². The summed E-state index contributed by atoms with van der Waals surface area (Å²) in [4.78, 5) is 11.5. The number of esters is 1. The second kappa shape index (κ2) is 19.7. The molecule has 0 amide bonds. The molecule has 0 radical (unpaired) electrons. The number of carbonyl (C=O) groups is 1. The van der Waals surface area contributed by atoms with Crippen LogP contribution < -0.4 is 0 Å². The van der Waals surface area contributed by atoms with Crippen LogP contribution in [0.3, 0.4) is 0 Å². The summed E-state index contributed by atoms with van der Waals surface area (Å²) in [6.45, 7) is 1.63. The molecular formula is C21H42O4. The van der Waals surface area contributed by atoms with E-state index in [-0.39, 0.29) is 19.2 Å². The first-order valence-electron chi connectivity index (χ1n) is 10.7. The molecule has 0 atom stereocenters. The van der Waals surface area contributed by atoms with Crippen LogP contribution >= 0.6 is 0 Å². The summed E-state index contributed by atoms with van der Waals surface area (Å²) < 4.78 is 4.93. The molecule has 0 aromatic heterocycles. The van der Waals surface area contributed by atoms with Crippen molar-refractivity contribution < 1.29 is 19.7 Å². The minimum Gasteiger partial charge on any atom is -0.457 e. The zero-order valence-corrected chi connectivity index (χ0v) is 16.5. The van der Waals surface area contributed by atoms with Gasteiger partial charge in [-0.1, -0.05) is 96.8 Å². The van der Waals surface area contributed by atoms with Crippen LogP contribution in [0.15, 0.2) is 0 Å². The standard InChI is InChI=1S/C21H42O4/c1-2-3-4-5-6-7-8-9-10-11-12-13-14-15-16-17-21(24)25-20(18-22)19-23/h20,22-23H,2-19H2,1H3. The summed E-state index contributed by atoms with van der Waals surface area (Å²) in [6.07, 6.45) is 19.1. The Morgan fingerprint density at radius 2 is 1.04 bits per heavy atom. The Morgan fingerprint density at radius 3 is 1.40 bits per heavy atom. The van der Waals surface area contributed by atoms with Gasteiger partial charge in [-0.05, 0) is 6.42 Å². The molecule has 0 fully saturated rings. The van der Waals surface area contributed by atoms with Crippen molar-refractivity contribution in [3.05, 3.63) is 0 Å². The Balaban J connectivity index is 3.17. The molecule has 0 spiro atoms. The van der Waals surface area contributed by atoms with Crippen LogP contribution in [0.2, 0.25) is 0 Å². The Morgan fingerprint density at radius 1 is 0.680 bits per heavy atom. The Bertz CT molecular complexity index is 277. The number of carbonyl (C=O) groups excluding carboxylic acids is 1. The molecule has 0 aliphatic carbocycles. The Kier molecular flexibility index (Phi) is 19.2. The summed E-state index contributed by atoms with van der Waals surface area (Å²) in [5, 5.41) is 17.7. The maximum Gasteiger partial charge on any atom is 0.306 e. The van der Waals surface area contributed by atoms with E-state index in [1.54, 1.807) is 0 Å². The molecule has 0 heterocycles. The Labute approximate surface area is 155 Å². The highest BCUT2D eigenvalue weighted by Gasteiger charge is 2.11. The largest absolute Gasteiger partial charge is 0.457 e. The molecule has 0 aromatic carbocycles. The van der Waals surface area contributed by atoms with Gasteiger partial charge < -0.3 is 14.9 Å². The van der Waals surface area contributed by atoms with Gasteiger partial charge in [-0.2, -0.15) is 0 Å². The first-order valence-corrected chi connectivity index (χ1v) is 10.7. The highest BCUT2D eigenvalue weighted by atomic mass is 16.6. The zero-order chi connectivity index (χ0) is 18.6. The molecular weight excluding hydrogens is 316 g/mol. The normalized spacial score (nSPS) is 11.2. The van der Waals surface area contributed by atoms with E-state index in [2.05, 4.69) is 6.92 Å². The molecule has 2 N–H and O–H groups in total. The molecule has 4 heteroatoms. The van der Waals surface area contributed by atoms with E-state index in [0.29, 0.717) is 6.42 Å². The van der Waals surface area contributed by atoms with Gasteiger partial charge in [-0.15, -0.1) is 0 Å². The molecule has 4 nitrogen and oxygen atoms in total. The van der Waals surface area contributed by atoms with Crippen LogP contribution in [0.4, 0.5) is 0 Å². The number of ether oxygens (including phenoxy) is 1. The van der Waals surface area contributed by atoms with E-state index in [1.165, 1.54) is 83.5 Å². The molecule has 0 aromatic rings. The number of unbranched alkanes of at least 4 members (excludes halogenated alkanes) is 14. The predicted molar refractivity (Wildman–Crippen MR) is 104 cm³/mol. The molecule has 25 heavy (non-hydrogen) atoms. The Hall–Kier alpha value is -0.610. The third kappa shape index (κ3) is 18.0. The third-order valence-electron chi connectivity index (χ3n) is 4.69. The summed E-state index contributed by atoms with van der Waals surface area (Å²) in [6, 6.07) is 0. The summed E-state index contributed by atoms with van der Waals surface area (Å²) in [5.41, 5.74) is 0. The average Bonchev–Trinajstić information content (AvgIpc) is 2.62. The molecule has 0 saturated heterocycles. The highest BCUT2D eigenvalue weighted by Crippen LogP contribution is 2.13. The van der Waals surface area contributed by atoms with Crippen molar-refractivity contribution in [1.82, 2.24) is 0 Å². The van der Waals surface area contributed by atoms with E-state index in [1.807, 2.05) is 0 Å². The van der Waals surface area contributed by atoms with Crippen molar-refractivity contribution in [2.24, 2.45) is 0 Å². The van der Waals surface area contributed by atoms with Gasteiger partial charge in [0.2, 0.25) is 0 Å². The van der Waals surface area contributed by atoms with Gasteiger partial charge >= 0.3 is 5.97 Å². The minimum atomic E-state index is -0.760. The topological polar surface area (TPSA) is 66.8 Å². The van der Waals surface area contributed by atoms with E-state index in [0.717, 1.165) is 12.8 Å². The van der Waals surface area contributed by atoms with Gasteiger partial charge in [0.25, 0.3) is 0 Å². The lowest BCUT2D eigenvalue weighted by Crippen LogP contribution is -2.25. The second-order valence-electron chi connectivity index (χ2n) is 7.18. The van der Waals surface area contributed by atoms with Crippen molar-refractivity contribution >= 4 is 5.97 Å². The van der Waals surface area contributed by atoms with Crippen molar-refractivity contribution in [2.45, 2.75) is 116 Å². The summed E-state index contributed by atoms with van der Waals surface area (Å²) in [5.74, 6) is -0.317. The monoisotopic (exact) mass is 358 g/mol. The number of aliphatic hydroxyl groups excluding tert-OH is 2.